The summed E-state index contributed by atoms with van der Waals surface area (Å²) in [6, 6.07) is 8.40. The Morgan fingerprint density at radius 2 is 2.00 bits per heavy atom. The lowest BCUT2D eigenvalue weighted by molar-refractivity contribution is 0.379. The first-order valence-corrected chi connectivity index (χ1v) is 12.9. The van der Waals surface area contributed by atoms with Crippen molar-refractivity contribution in [2.75, 3.05) is 19.6 Å². The number of rotatable bonds is 3. The molecule has 3 aromatic rings. The van der Waals surface area contributed by atoms with E-state index in [1.54, 1.807) is 12.5 Å². The quantitative estimate of drug-likeness (QED) is 0.210. The van der Waals surface area contributed by atoms with Crippen LogP contribution in [0, 0.1) is 11.5 Å². The number of nitrogens with zero attached hydrogens (tertiary/aromatic N) is 5. The Morgan fingerprint density at radius 3 is 2.77 bits per heavy atom. The molecule has 35 heavy (non-hydrogen) atoms. The lowest BCUT2D eigenvalue weighted by atomic mass is 9.88. The number of hydrogen-bond donors (Lipinski definition) is 2. The van der Waals surface area contributed by atoms with E-state index in [9.17, 15) is 5.26 Å². The van der Waals surface area contributed by atoms with Crippen molar-refractivity contribution in [2.45, 2.75) is 32.1 Å². The van der Waals surface area contributed by atoms with Crippen molar-refractivity contribution in [3.05, 3.63) is 86.1 Å². The third kappa shape index (κ3) is 5.26. The van der Waals surface area contributed by atoms with Crippen molar-refractivity contribution in [3.63, 3.8) is 0 Å². The molecule has 9 heteroatoms. The summed E-state index contributed by atoms with van der Waals surface area (Å²) in [5, 5.41) is 12.8. The fraction of sp³-hybridized carbons (Fsp3) is 0.308. The number of pyridine rings is 1. The molecule has 7 nitrogen and oxygen atoms in total. The Balaban J connectivity index is 1.43. The number of hydrogen-bond acceptors (Lipinski definition) is 4. The maximum absolute atomic E-state index is 9.28. The highest BCUT2D eigenvalue weighted by atomic mass is 79.9. The molecule has 1 fully saturated rings. The second-order valence-corrected chi connectivity index (χ2v) is 10.0. The number of benzene rings is 1. The first-order chi connectivity index (χ1) is 17.1. The van der Waals surface area contributed by atoms with E-state index in [0.29, 0.717) is 12.5 Å². The molecule has 2 N–H and O–H groups in total. The number of aromatic amines is 1. The summed E-state index contributed by atoms with van der Waals surface area (Å²) in [7, 11) is 0. The van der Waals surface area contributed by atoms with Crippen LogP contribution in [0.2, 0.25) is 5.02 Å². The zero-order chi connectivity index (χ0) is 24.2. The average molecular weight is 551 g/mol. The smallest absolute Gasteiger partial charge is 0.207 e. The van der Waals surface area contributed by atoms with Gasteiger partial charge in [0.05, 0.1) is 12.0 Å². The van der Waals surface area contributed by atoms with Crippen LogP contribution in [0.1, 0.15) is 40.9 Å². The standard InChI is InChI=1S/C26H25BrClN7/c27-20-11-19-2-1-18-12-21(28)3-4-23(18)24(25(19)32-13-20)17-6-9-35(10-7-17)26(33-15-29)31-8-5-22-14-30-16-34-22/h3-4,11-14,16H,1-2,5-10H2,(H,30,34)(H,31,33). The van der Waals surface area contributed by atoms with E-state index in [4.69, 9.17) is 16.6 Å². The van der Waals surface area contributed by atoms with Crippen LogP contribution in [0.3, 0.4) is 0 Å². The molecule has 0 unspecified atom stereocenters. The predicted octanol–water partition coefficient (Wildman–Crippen LogP) is 4.89. The molecule has 2 aliphatic rings. The number of halogens is 2. The Kier molecular flexibility index (Phi) is 7.16. The van der Waals surface area contributed by atoms with Gasteiger partial charge >= 0.3 is 0 Å². The third-order valence-corrected chi connectivity index (χ3v) is 7.22. The van der Waals surface area contributed by atoms with Gasteiger partial charge in [-0.25, -0.2) is 4.98 Å². The number of nitriles is 1. The van der Waals surface area contributed by atoms with E-state index in [-0.39, 0.29) is 0 Å². The molecular weight excluding hydrogens is 526 g/mol. The Morgan fingerprint density at radius 1 is 1.17 bits per heavy atom. The number of imidazole rings is 1. The van der Waals surface area contributed by atoms with Gasteiger partial charge in [0.15, 0.2) is 6.19 Å². The summed E-state index contributed by atoms with van der Waals surface area (Å²) in [5.74, 6) is 0.631. The topological polar surface area (TPSA) is 93.0 Å². The van der Waals surface area contributed by atoms with Crippen molar-refractivity contribution in [3.8, 4) is 6.19 Å². The molecule has 1 saturated heterocycles. The molecule has 1 aromatic carbocycles. The minimum absolute atomic E-state index is 0.580. The lowest BCUT2D eigenvalue weighted by Crippen LogP contribution is -2.43. The number of piperidine rings is 1. The Hall–Kier alpha value is -3.15. The fourth-order valence-electron chi connectivity index (χ4n) is 4.88. The highest BCUT2D eigenvalue weighted by molar-refractivity contribution is 9.10. The zero-order valence-electron chi connectivity index (χ0n) is 19.2. The monoisotopic (exact) mass is 549 g/mol. The molecule has 0 radical (unpaired) electrons. The number of guanidine groups is 1. The molecule has 178 valence electrons. The van der Waals surface area contributed by atoms with Crippen LogP contribution in [0.15, 0.2) is 58.0 Å². The number of likely N-dealkylation sites (tertiary alicyclic amines) is 1. The molecular formula is C26H25BrClN7. The highest BCUT2D eigenvalue weighted by Gasteiger charge is 2.26. The number of nitrogens with one attached hydrogen (secondary N) is 2. The van der Waals surface area contributed by atoms with Gasteiger partial charge < -0.3 is 9.88 Å². The van der Waals surface area contributed by atoms with Crippen LogP contribution >= 0.6 is 27.5 Å². The molecule has 0 saturated carbocycles. The lowest BCUT2D eigenvalue weighted by Gasteiger charge is -2.32. The average Bonchev–Trinajstić information content (AvgIpc) is 3.33. The minimum Gasteiger partial charge on any atom is -0.348 e. The van der Waals surface area contributed by atoms with Crippen molar-refractivity contribution in [1.82, 2.24) is 25.2 Å². The molecule has 1 aliphatic carbocycles. The second-order valence-electron chi connectivity index (χ2n) is 8.70. The van der Waals surface area contributed by atoms with E-state index in [1.807, 2.05) is 18.5 Å². The molecule has 0 atom stereocenters. The van der Waals surface area contributed by atoms with Crippen molar-refractivity contribution < 1.29 is 0 Å². The van der Waals surface area contributed by atoms with Gasteiger partial charge in [-0.1, -0.05) is 23.2 Å². The summed E-state index contributed by atoms with van der Waals surface area (Å²) >= 11 is 9.95. The zero-order valence-corrected chi connectivity index (χ0v) is 21.5. The van der Waals surface area contributed by atoms with Crippen molar-refractivity contribution in [2.24, 2.45) is 4.99 Å². The second kappa shape index (κ2) is 10.6. The molecule has 0 spiro atoms. The number of fused-ring (bicyclic) bond motifs is 2. The first-order valence-electron chi connectivity index (χ1n) is 11.7. The van der Waals surface area contributed by atoms with E-state index in [1.165, 1.54) is 27.8 Å². The van der Waals surface area contributed by atoms with Gasteiger partial charge in [-0.2, -0.15) is 5.26 Å². The van der Waals surface area contributed by atoms with Crippen molar-refractivity contribution >= 4 is 39.1 Å². The van der Waals surface area contributed by atoms with Gasteiger partial charge in [-0.05, 0) is 76.5 Å². The number of aliphatic imine (C=N–C) groups is 1. The molecule has 0 amide bonds. The van der Waals surface area contributed by atoms with Crippen LogP contribution in [0.4, 0.5) is 0 Å². The van der Waals surface area contributed by atoms with Gasteiger partial charge in [0.2, 0.25) is 5.96 Å². The molecule has 2 aromatic heterocycles. The number of aromatic nitrogens is 3. The maximum atomic E-state index is 9.28. The normalized spacial score (nSPS) is 15.8. The SMILES string of the molecule is N#CNC(=NCCc1cnc[nH]1)N1CCC(=C2c3ccc(Cl)cc3CCc3cc(Br)cnc32)CC1. The summed E-state index contributed by atoms with van der Waals surface area (Å²) < 4.78 is 0.998. The van der Waals surface area contributed by atoms with Crippen LogP contribution in [-0.2, 0) is 19.3 Å². The first kappa shape index (κ1) is 23.6. The summed E-state index contributed by atoms with van der Waals surface area (Å²) in [5.41, 5.74) is 8.48. The summed E-state index contributed by atoms with van der Waals surface area (Å²) in [4.78, 5) is 18.8. The number of H-pyrrole nitrogens is 1. The van der Waals surface area contributed by atoms with Crippen LogP contribution < -0.4 is 5.32 Å². The third-order valence-electron chi connectivity index (χ3n) is 6.56. The minimum atomic E-state index is 0.580. The van der Waals surface area contributed by atoms with Crippen molar-refractivity contribution in [1.29, 1.82) is 5.26 Å². The fourth-order valence-corrected chi connectivity index (χ4v) is 5.45. The van der Waals surface area contributed by atoms with E-state index >= 15 is 0 Å². The van der Waals surface area contributed by atoms with Crippen LogP contribution in [-0.4, -0.2) is 45.4 Å². The predicted molar refractivity (Wildman–Crippen MR) is 141 cm³/mol. The maximum Gasteiger partial charge on any atom is 0.207 e. The highest BCUT2D eigenvalue weighted by Crippen LogP contribution is 2.39. The Bertz CT molecular complexity index is 1260. The van der Waals surface area contributed by atoms with Gasteiger partial charge in [0.25, 0.3) is 0 Å². The largest absolute Gasteiger partial charge is 0.348 e. The Labute approximate surface area is 218 Å². The van der Waals surface area contributed by atoms with E-state index in [2.05, 4.69) is 59.3 Å². The van der Waals surface area contributed by atoms with Gasteiger partial charge in [-0.3, -0.25) is 15.3 Å². The molecule has 1 aliphatic heterocycles. The summed E-state index contributed by atoms with van der Waals surface area (Å²) in [6.45, 7) is 2.15. The van der Waals surface area contributed by atoms with Gasteiger partial charge in [0, 0.05) is 59.2 Å². The molecule has 5 rings (SSSR count). The van der Waals surface area contributed by atoms with E-state index < -0.39 is 0 Å². The van der Waals surface area contributed by atoms with Gasteiger partial charge in [-0.15, -0.1) is 0 Å². The van der Waals surface area contributed by atoms with Crippen LogP contribution in [0.5, 0.6) is 0 Å². The van der Waals surface area contributed by atoms with Gasteiger partial charge in [0.1, 0.15) is 0 Å². The number of aryl methyl sites for hydroxylation is 2. The van der Waals surface area contributed by atoms with Crippen LogP contribution in [0.25, 0.3) is 5.57 Å². The van der Waals surface area contributed by atoms with E-state index in [0.717, 1.165) is 66.1 Å². The molecule has 0 bridgehead atoms. The summed E-state index contributed by atoms with van der Waals surface area (Å²) in [6.07, 6.45) is 11.8. The molecule has 3 heterocycles.